The molecule has 5 nitrogen and oxygen atoms in total. The van der Waals surface area contributed by atoms with E-state index >= 15 is 0 Å². The van der Waals surface area contributed by atoms with Crippen molar-refractivity contribution >= 4 is 23.0 Å². The molecule has 0 saturated carbocycles. The van der Waals surface area contributed by atoms with Gasteiger partial charge in [0.2, 0.25) is 0 Å². The van der Waals surface area contributed by atoms with Gasteiger partial charge in [-0.05, 0) is 19.1 Å². The molecule has 0 aliphatic heterocycles. The van der Waals surface area contributed by atoms with Crippen LogP contribution in [0.2, 0.25) is 0 Å². The normalized spacial score (nSPS) is 10.2. The van der Waals surface area contributed by atoms with Crippen LogP contribution < -0.4 is 10.5 Å². The van der Waals surface area contributed by atoms with E-state index in [1.807, 2.05) is 0 Å². The van der Waals surface area contributed by atoms with E-state index < -0.39 is 5.97 Å². The molecular weight excluding hydrogens is 264 g/mol. The van der Waals surface area contributed by atoms with Gasteiger partial charge in [-0.15, -0.1) is 11.3 Å². The number of hydrogen-bond donors (Lipinski definition) is 1. The summed E-state index contributed by atoms with van der Waals surface area (Å²) in [6.07, 6.45) is 1.72. The molecule has 19 heavy (non-hydrogen) atoms. The predicted molar refractivity (Wildman–Crippen MR) is 73.3 cm³/mol. The average Bonchev–Trinajstić information content (AvgIpc) is 2.89. The van der Waals surface area contributed by atoms with Crippen LogP contribution in [-0.2, 0) is 11.3 Å². The number of nitrogens with two attached hydrogens (primary N) is 1. The molecule has 0 unspecified atom stereocenters. The van der Waals surface area contributed by atoms with E-state index in [1.54, 1.807) is 36.8 Å². The van der Waals surface area contributed by atoms with Gasteiger partial charge >= 0.3 is 5.97 Å². The summed E-state index contributed by atoms with van der Waals surface area (Å²) in [5, 5.41) is 0. The van der Waals surface area contributed by atoms with Crippen LogP contribution in [0, 0.1) is 0 Å². The number of ether oxygens (including phenoxy) is 2. The minimum absolute atomic E-state index is 0.317. The van der Waals surface area contributed by atoms with Crippen molar-refractivity contribution in [2.45, 2.75) is 13.5 Å². The molecule has 1 aromatic heterocycles. The second kappa shape index (κ2) is 6.19. The molecule has 2 rings (SSSR count). The number of anilines is 1. The molecule has 0 fully saturated rings. The van der Waals surface area contributed by atoms with Gasteiger partial charge in [-0.1, -0.05) is 0 Å². The van der Waals surface area contributed by atoms with Crippen molar-refractivity contribution in [2.24, 2.45) is 0 Å². The number of esters is 1. The maximum absolute atomic E-state index is 11.8. The minimum Gasteiger partial charge on any atom is -0.487 e. The molecule has 6 heteroatoms. The van der Waals surface area contributed by atoms with Crippen molar-refractivity contribution in [3.05, 3.63) is 40.3 Å². The van der Waals surface area contributed by atoms with Crippen LogP contribution in [0.4, 0.5) is 5.69 Å². The van der Waals surface area contributed by atoms with Gasteiger partial charge in [-0.3, -0.25) is 4.98 Å². The Morgan fingerprint density at radius 2 is 2.32 bits per heavy atom. The Morgan fingerprint density at radius 1 is 1.47 bits per heavy atom. The Morgan fingerprint density at radius 3 is 3.00 bits per heavy atom. The zero-order valence-corrected chi connectivity index (χ0v) is 11.3. The third-order valence-electron chi connectivity index (χ3n) is 2.35. The lowest BCUT2D eigenvalue weighted by atomic mass is 10.2. The van der Waals surface area contributed by atoms with Crippen LogP contribution in [0.15, 0.2) is 29.9 Å². The van der Waals surface area contributed by atoms with Crippen molar-refractivity contribution in [1.29, 1.82) is 0 Å². The Bertz CT molecular complexity index is 555. The molecule has 0 spiro atoms. The van der Waals surface area contributed by atoms with E-state index in [1.165, 1.54) is 11.3 Å². The number of carbonyl (C=O) groups is 1. The highest BCUT2D eigenvalue weighted by Gasteiger charge is 2.14. The molecule has 2 N–H and O–H groups in total. The Labute approximate surface area is 115 Å². The van der Waals surface area contributed by atoms with Crippen LogP contribution >= 0.6 is 11.3 Å². The van der Waals surface area contributed by atoms with E-state index in [0.717, 1.165) is 4.88 Å². The number of rotatable bonds is 5. The number of aromatic nitrogens is 1. The molecule has 2 aromatic rings. The fourth-order valence-corrected chi connectivity index (χ4v) is 2.00. The third kappa shape index (κ3) is 3.45. The first-order chi connectivity index (χ1) is 9.20. The first-order valence-corrected chi connectivity index (χ1v) is 6.65. The molecule has 0 radical (unpaired) electrons. The molecule has 0 amide bonds. The number of nitrogen functional groups attached to an aromatic ring is 1. The standard InChI is InChI=1S/C13H14N2O3S/c1-2-17-13(16)11-4-3-9(14)5-12(11)18-7-10-6-15-8-19-10/h3-6,8H,2,7,14H2,1H3. The molecule has 0 bridgehead atoms. The van der Waals surface area contributed by atoms with Gasteiger partial charge in [0.25, 0.3) is 0 Å². The second-order valence-electron chi connectivity index (χ2n) is 3.73. The molecule has 0 atom stereocenters. The maximum atomic E-state index is 11.8. The Kier molecular flexibility index (Phi) is 4.35. The lowest BCUT2D eigenvalue weighted by Crippen LogP contribution is -2.08. The highest BCUT2D eigenvalue weighted by atomic mass is 32.1. The molecule has 0 aliphatic rings. The third-order valence-corrected chi connectivity index (χ3v) is 3.11. The summed E-state index contributed by atoms with van der Waals surface area (Å²) >= 11 is 1.49. The number of carbonyl (C=O) groups excluding carboxylic acids is 1. The lowest BCUT2D eigenvalue weighted by Gasteiger charge is -2.10. The largest absolute Gasteiger partial charge is 0.487 e. The van der Waals surface area contributed by atoms with Gasteiger partial charge in [0, 0.05) is 18.0 Å². The summed E-state index contributed by atoms with van der Waals surface area (Å²) in [5.41, 5.74) is 8.35. The summed E-state index contributed by atoms with van der Waals surface area (Å²) in [5.74, 6) is 0.00801. The summed E-state index contributed by atoms with van der Waals surface area (Å²) < 4.78 is 10.6. The van der Waals surface area contributed by atoms with Gasteiger partial charge in [-0.2, -0.15) is 0 Å². The van der Waals surface area contributed by atoms with Gasteiger partial charge in [0.05, 0.1) is 17.0 Å². The number of hydrogen-bond acceptors (Lipinski definition) is 6. The maximum Gasteiger partial charge on any atom is 0.341 e. The topological polar surface area (TPSA) is 74.4 Å². The molecule has 0 aliphatic carbocycles. The van der Waals surface area contributed by atoms with Gasteiger partial charge in [-0.25, -0.2) is 4.79 Å². The smallest absolute Gasteiger partial charge is 0.341 e. The summed E-state index contributed by atoms with van der Waals surface area (Å²) in [4.78, 5) is 16.7. The molecule has 1 heterocycles. The zero-order chi connectivity index (χ0) is 13.7. The highest BCUT2D eigenvalue weighted by Crippen LogP contribution is 2.24. The summed E-state index contributed by atoms with van der Waals surface area (Å²) in [6, 6.07) is 4.87. The highest BCUT2D eigenvalue weighted by molar-refractivity contribution is 7.09. The summed E-state index contributed by atoms with van der Waals surface area (Å²) in [6.45, 7) is 2.42. The van der Waals surface area contributed by atoms with E-state index in [4.69, 9.17) is 15.2 Å². The van der Waals surface area contributed by atoms with Gasteiger partial charge in [0.15, 0.2) is 0 Å². The van der Waals surface area contributed by atoms with E-state index in [2.05, 4.69) is 4.98 Å². The number of thiazole rings is 1. The fraction of sp³-hybridized carbons (Fsp3) is 0.231. The predicted octanol–water partition coefficient (Wildman–Crippen LogP) is 2.48. The van der Waals surface area contributed by atoms with Crippen molar-refractivity contribution < 1.29 is 14.3 Å². The van der Waals surface area contributed by atoms with Crippen molar-refractivity contribution in [1.82, 2.24) is 4.98 Å². The van der Waals surface area contributed by atoms with Crippen molar-refractivity contribution in [3.63, 3.8) is 0 Å². The van der Waals surface area contributed by atoms with Gasteiger partial charge < -0.3 is 15.2 Å². The monoisotopic (exact) mass is 278 g/mol. The SMILES string of the molecule is CCOC(=O)c1ccc(N)cc1OCc1cncs1. The molecule has 0 saturated heterocycles. The van der Waals surface area contributed by atoms with Crippen LogP contribution in [0.25, 0.3) is 0 Å². The van der Waals surface area contributed by atoms with Crippen LogP contribution in [0.3, 0.4) is 0 Å². The van der Waals surface area contributed by atoms with Crippen LogP contribution in [-0.4, -0.2) is 17.6 Å². The molecule has 1 aromatic carbocycles. The zero-order valence-electron chi connectivity index (χ0n) is 10.5. The van der Waals surface area contributed by atoms with Gasteiger partial charge in [0.1, 0.15) is 17.9 Å². The van der Waals surface area contributed by atoms with E-state index in [-0.39, 0.29) is 0 Å². The average molecular weight is 278 g/mol. The molecule has 100 valence electrons. The summed E-state index contributed by atoms with van der Waals surface area (Å²) in [7, 11) is 0. The first kappa shape index (κ1) is 13.4. The minimum atomic E-state index is -0.415. The molecular formula is C13H14N2O3S. The van der Waals surface area contributed by atoms with Crippen molar-refractivity contribution in [3.8, 4) is 5.75 Å². The Hall–Kier alpha value is -2.08. The quantitative estimate of drug-likeness (QED) is 0.671. The lowest BCUT2D eigenvalue weighted by molar-refractivity contribution is 0.0521. The van der Waals surface area contributed by atoms with Crippen LogP contribution in [0.5, 0.6) is 5.75 Å². The van der Waals surface area contributed by atoms with Crippen LogP contribution in [0.1, 0.15) is 22.2 Å². The Balaban J connectivity index is 2.17. The number of benzene rings is 1. The number of nitrogens with zero attached hydrogens (tertiary/aromatic N) is 1. The van der Waals surface area contributed by atoms with E-state index in [0.29, 0.717) is 30.2 Å². The second-order valence-corrected chi connectivity index (χ2v) is 4.70. The van der Waals surface area contributed by atoms with Crippen molar-refractivity contribution in [2.75, 3.05) is 12.3 Å². The first-order valence-electron chi connectivity index (χ1n) is 5.77. The van der Waals surface area contributed by atoms with E-state index in [9.17, 15) is 4.79 Å². The fourth-order valence-electron chi connectivity index (χ4n) is 1.50.